The fraction of sp³-hybridized carbons (Fsp3) is 0.233. The first kappa shape index (κ1) is 23.3. The molecule has 3 heterocycles. The van der Waals surface area contributed by atoms with Crippen LogP contribution in [0.4, 0.5) is 0 Å². The van der Waals surface area contributed by atoms with Crippen molar-refractivity contribution >= 4 is 27.6 Å². The maximum Gasteiger partial charge on any atom is 0.272 e. The van der Waals surface area contributed by atoms with Gasteiger partial charge >= 0.3 is 0 Å². The molecule has 0 aliphatic carbocycles. The molecule has 2 N–H and O–H groups in total. The van der Waals surface area contributed by atoms with Gasteiger partial charge in [-0.15, -0.1) is 0 Å². The smallest absolute Gasteiger partial charge is 0.272 e. The maximum absolute atomic E-state index is 13.4. The molecule has 1 aliphatic heterocycles. The first-order valence-electron chi connectivity index (χ1n) is 12.7. The molecular weight excluding hydrogens is 462 g/mol. The monoisotopic (exact) mass is 491 g/mol. The van der Waals surface area contributed by atoms with Crippen LogP contribution < -0.4 is 5.32 Å². The molecule has 0 unspecified atom stereocenters. The highest BCUT2D eigenvalue weighted by Gasteiger charge is 2.28. The van der Waals surface area contributed by atoms with Gasteiger partial charge in [-0.2, -0.15) is 5.10 Å². The normalized spacial score (nSPS) is 13.6. The van der Waals surface area contributed by atoms with E-state index in [9.17, 15) is 9.90 Å². The molecule has 7 heteroatoms. The van der Waals surface area contributed by atoms with E-state index < -0.39 is 0 Å². The number of para-hydroxylation sites is 1. The molecule has 6 rings (SSSR count). The zero-order valence-electron chi connectivity index (χ0n) is 20.6. The number of benzene rings is 3. The van der Waals surface area contributed by atoms with Crippen LogP contribution in [0.5, 0.6) is 0 Å². The number of hydrogen-bond donors (Lipinski definition) is 2. The van der Waals surface area contributed by atoms with E-state index >= 15 is 0 Å². The third-order valence-electron chi connectivity index (χ3n) is 7.17. The van der Waals surface area contributed by atoms with Crippen LogP contribution in [0.3, 0.4) is 0 Å². The lowest BCUT2D eigenvalue weighted by molar-refractivity contribution is 0.0942. The molecule has 0 saturated heterocycles. The zero-order chi connectivity index (χ0) is 25.2. The molecule has 0 spiro atoms. The Hall–Kier alpha value is -4.07. The lowest BCUT2D eigenvalue weighted by Gasteiger charge is -2.28. The number of hydrogen-bond acceptors (Lipinski definition) is 5. The minimum absolute atomic E-state index is 0.0173. The van der Waals surface area contributed by atoms with Gasteiger partial charge in [-0.1, -0.05) is 66.7 Å². The lowest BCUT2D eigenvalue weighted by atomic mass is 10.0. The van der Waals surface area contributed by atoms with Gasteiger partial charge in [0.25, 0.3) is 5.91 Å². The van der Waals surface area contributed by atoms with E-state index in [4.69, 9.17) is 0 Å². The predicted molar refractivity (Wildman–Crippen MR) is 144 cm³/mol. The molecule has 2 aromatic heterocycles. The Morgan fingerprint density at radius 3 is 2.62 bits per heavy atom. The topological polar surface area (TPSA) is 83.3 Å². The van der Waals surface area contributed by atoms with Gasteiger partial charge in [-0.05, 0) is 28.0 Å². The second-order valence-corrected chi connectivity index (χ2v) is 9.49. The highest BCUT2D eigenvalue weighted by atomic mass is 16.3. The van der Waals surface area contributed by atoms with Crippen molar-refractivity contribution in [3.05, 3.63) is 107 Å². The Labute approximate surface area is 215 Å². The number of aromatic nitrogens is 3. The SMILES string of the molecule is O=C(NCc1cccc2ccccc12)c1nn(CCO)c2c1CN(Cc1cccc3cccnc13)CC2. The molecule has 37 heavy (non-hydrogen) atoms. The van der Waals surface area contributed by atoms with Gasteiger partial charge in [-0.25, -0.2) is 0 Å². The van der Waals surface area contributed by atoms with E-state index in [1.165, 1.54) is 5.56 Å². The minimum Gasteiger partial charge on any atom is -0.394 e. The van der Waals surface area contributed by atoms with Crippen LogP contribution in [0.25, 0.3) is 21.7 Å². The first-order valence-corrected chi connectivity index (χ1v) is 12.7. The van der Waals surface area contributed by atoms with Gasteiger partial charge < -0.3 is 10.4 Å². The summed E-state index contributed by atoms with van der Waals surface area (Å²) in [6, 6.07) is 24.6. The van der Waals surface area contributed by atoms with Crippen LogP contribution in [0.2, 0.25) is 0 Å². The third-order valence-corrected chi connectivity index (χ3v) is 7.17. The van der Waals surface area contributed by atoms with Crippen LogP contribution in [0.15, 0.2) is 79.0 Å². The fourth-order valence-electron chi connectivity index (χ4n) is 5.39. The summed E-state index contributed by atoms with van der Waals surface area (Å²) in [5.74, 6) is -0.186. The predicted octanol–water partition coefficient (Wildman–Crippen LogP) is 4.07. The Morgan fingerprint density at radius 2 is 1.73 bits per heavy atom. The Kier molecular flexibility index (Phi) is 6.39. The molecule has 0 radical (unpaired) electrons. The fourth-order valence-corrected chi connectivity index (χ4v) is 5.39. The molecule has 0 saturated carbocycles. The standard InChI is InChI=1S/C30H29N5O2/c36-17-16-35-27-13-15-34(19-24-10-4-8-22-11-5-14-31-28(22)24)20-26(27)29(33-35)30(37)32-18-23-9-3-7-21-6-1-2-12-25(21)23/h1-12,14,36H,13,15-20H2,(H,32,37). The summed E-state index contributed by atoms with van der Waals surface area (Å²) < 4.78 is 1.80. The summed E-state index contributed by atoms with van der Waals surface area (Å²) in [4.78, 5) is 20.4. The third kappa shape index (κ3) is 4.59. The molecule has 0 atom stereocenters. The maximum atomic E-state index is 13.4. The van der Waals surface area contributed by atoms with Crippen molar-refractivity contribution < 1.29 is 9.90 Å². The summed E-state index contributed by atoms with van der Waals surface area (Å²) in [7, 11) is 0. The highest BCUT2D eigenvalue weighted by molar-refractivity contribution is 5.94. The molecule has 1 amide bonds. The Balaban J connectivity index is 1.25. The van der Waals surface area contributed by atoms with Gasteiger partial charge in [0, 0.05) is 55.4 Å². The molecule has 0 bridgehead atoms. The number of carbonyl (C=O) groups is 1. The molecule has 7 nitrogen and oxygen atoms in total. The second kappa shape index (κ2) is 10.1. The van der Waals surface area contributed by atoms with E-state index in [1.807, 2.05) is 36.5 Å². The second-order valence-electron chi connectivity index (χ2n) is 9.49. The van der Waals surface area contributed by atoms with E-state index in [2.05, 4.69) is 62.8 Å². The number of pyridine rings is 1. The number of aliphatic hydroxyl groups excluding tert-OH is 1. The van der Waals surface area contributed by atoms with E-state index in [1.54, 1.807) is 4.68 Å². The number of amides is 1. The molecule has 0 fully saturated rings. The van der Waals surface area contributed by atoms with Crippen LogP contribution in [0, 0.1) is 0 Å². The summed E-state index contributed by atoms with van der Waals surface area (Å²) in [5, 5.41) is 20.7. The number of nitrogens with one attached hydrogen (secondary N) is 1. The average molecular weight is 492 g/mol. The van der Waals surface area contributed by atoms with Crippen molar-refractivity contribution in [2.75, 3.05) is 13.2 Å². The summed E-state index contributed by atoms with van der Waals surface area (Å²) >= 11 is 0. The Morgan fingerprint density at radius 1 is 0.946 bits per heavy atom. The van der Waals surface area contributed by atoms with Crippen LogP contribution in [-0.2, 0) is 32.6 Å². The van der Waals surface area contributed by atoms with Crippen molar-refractivity contribution in [1.82, 2.24) is 25.0 Å². The van der Waals surface area contributed by atoms with Crippen molar-refractivity contribution in [3.63, 3.8) is 0 Å². The van der Waals surface area contributed by atoms with E-state index in [0.717, 1.165) is 58.0 Å². The average Bonchev–Trinajstić information content (AvgIpc) is 3.30. The van der Waals surface area contributed by atoms with Gasteiger partial charge in [-0.3, -0.25) is 19.4 Å². The number of nitrogens with zero attached hydrogens (tertiary/aromatic N) is 4. The van der Waals surface area contributed by atoms with Crippen LogP contribution >= 0.6 is 0 Å². The largest absolute Gasteiger partial charge is 0.394 e. The molecular formula is C30H29N5O2. The Bertz CT molecular complexity index is 1580. The number of rotatable bonds is 7. The van der Waals surface area contributed by atoms with Crippen LogP contribution in [-0.4, -0.2) is 43.8 Å². The van der Waals surface area contributed by atoms with Gasteiger partial charge in [0.15, 0.2) is 5.69 Å². The van der Waals surface area contributed by atoms with Gasteiger partial charge in [0.2, 0.25) is 0 Å². The van der Waals surface area contributed by atoms with Crippen molar-refractivity contribution in [3.8, 4) is 0 Å². The summed E-state index contributed by atoms with van der Waals surface area (Å²) in [6.45, 7) is 3.01. The number of carbonyl (C=O) groups excluding carboxylic acids is 1. The quantitative estimate of drug-likeness (QED) is 0.359. The molecule has 5 aromatic rings. The van der Waals surface area contributed by atoms with E-state index in [0.29, 0.717) is 25.3 Å². The zero-order valence-corrected chi connectivity index (χ0v) is 20.6. The highest BCUT2D eigenvalue weighted by Crippen LogP contribution is 2.26. The van der Waals surface area contributed by atoms with Crippen molar-refractivity contribution in [2.45, 2.75) is 32.6 Å². The molecule has 1 aliphatic rings. The summed E-state index contributed by atoms with van der Waals surface area (Å²) in [6.07, 6.45) is 2.61. The minimum atomic E-state index is -0.186. The molecule has 3 aromatic carbocycles. The van der Waals surface area contributed by atoms with E-state index in [-0.39, 0.29) is 12.5 Å². The summed E-state index contributed by atoms with van der Waals surface area (Å²) in [5.41, 5.74) is 5.69. The lowest BCUT2D eigenvalue weighted by Crippen LogP contribution is -2.32. The van der Waals surface area contributed by atoms with Crippen LogP contribution in [0.1, 0.15) is 32.9 Å². The van der Waals surface area contributed by atoms with Crippen molar-refractivity contribution in [2.24, 2.45) is 0 Å². The number of aliphatic hydroxyl groups is 1. The van der Waals surface area contributed by atoms with Gasteiger partial charge in [0.05, 0.1) is 18.7 Å². The molecule has 186 valence electrons. The number of fused-ring (bicyclic) bond motifs is 3. The van der Waals surface area contributed by atoms with Gasteiger partial charge in [0.1, 0.15) is 0 Å². The van der Waals surface area contributed by atoms with Crippen molar-refractivity contribution in [1.29, 1.82) is 0 Å². The first-order chi connectivity index (χ1) is 18.2.